The molecular weight excluding hydrogens is 252 g/mol. The SMILES string of the molecule is Cc1ccc(NC(=O)c2cc3occc3n2C)c(C)c1. The number of benzene rings is 1. The summed E-state index contributed by atoms with van der Waals surface area (Å²) < 4.78 is 7.15. The van der Waals surface area contributed by atoms with E-state index in [1.807, 2.05) is 49.7 Å². The van der Waals surface area contributed by atoms with Crippen LogP contribution in [0.15, 0.2) is 41.0 Å². The Morgan fingerprint density at radius 1 is 1.20 bits per heavy atom. The Labute approximate surface area is 117 Å². The predicted molar refractivity (Wildman–Crippen MR) is 79.1 cm³/mol. The van der Waals surface area contributed by atoms with Crippen molar-refractivity contribution in [3.63, 3.8) is 0 Å². The predicted octanol–water partition coefficient (Wildman–Crippen LogP) is 3.64. The number of carbonyl (C=O) groups excluding carboxylic acids is 1. The molecule has 0 aliphatic carbocycles. The summed E-state index contributed by atoms with van der Waals surface area (Å²) in [5.74, 6) is -0.133. The zero-order valence-electron chi connectivity index (χ0n) is 11.7. The highest BCUT2D eigenvalue weighted by molar-refractivity contribution is 6.06. The van der Waals surface area contributed by atoms with Gasteiger partial charge in [0.15, 0.2) is 5.58 Å². The van der Waals surface area contributed by atoms with Crippen LogP contribution in [0.2, 0.25) is 0 Å². The van der Waals surface area contributed by atoms with Gasteiger partial charge in [0.1, 0.15) is 5.69 Å². The third-order valence-corrected chi connectivity index (χ3v) is 3.53. The number of anilines is 1. The minimum absolute atomic E-state index is 0.133. The van der Waals surface area contributed by atoms with Crippen molar-refractivity contribution in [2.45, 2.75) is 13.8 Å². The molecule has 3 aromatic rings. The molecule has 1 aromatic carbocycles. The first-order valence-corrected chi connectivity index (χ1v) is 6.48. The van der Waals surface area contributed by atoms with Gasteiger partial charge < -0.3 is 14.3 Å². The maximum Gasteiger partial charge on any atom is 0.272 e. The number of aromatic nitrogens is 1. The van der Waals surface area contributed by atoms with E-state index in [4.69, 9.17) is 4.42 Å². The van der Waals surface area contributed by atoms with Gasteiger partial charge in [-0.15, -0.1) is 0 Å². The fourth-order valence-electron chi connectivity index (χ4n) is 2.41. The molecule has 20 heavy (non-hydrogen) atoms. The normalized spacial score (nSPS) is 10.9. The second-order valence-corrected chi connectivity index (χ2v) is 5.03. The van der Waals surface area contributed by atoms with Crippen molar-refractivity contribution in [2.75, 3.05) is 5.32 Å². The third kappa shape index (κ3) is 1.99. The Bertz CT molecular complexity index is 796. The van der Waals surface area contributed by atoms with Crippen LogP contribution in [0, 0.1) is 13.8 Å². The summed E-state index contributed by atoms with van der Waals surface area (Å²) >= 11 is 0. The van der Waals surface area contributed by atoms with Crippen LogP contribution < -0.4 is 5.32 Å². The average molecular weight is 268 g/mol. The van der Waals surface area contributed by atoms with Crippen molar-refractivity contribution < 1.29 is 9.21 Å². The Kier molecular flexibility index (Phi) is 2.86. The van der Waals surface area contributed by atoms with E-state index in [1.54, 1.807) is 12.3 Å². The molecule has 2 heterocycles. The molecule has 4 heteroatoms. The zero-order chi connectivity index (χ0) is 14.3. The first kappa shape index (κ1) is 12.5. The van der Waals surface area contributed by atoms with Gasteiger partial charge in [-0.1, -0.05) is 17.7 Å². The van der Waals surface area contributed by atoms with Gasteiger partial charge in [0, 0.05) is 24.9 Å². The Morgan fingerprint density at radius 3 is 2.70 bits per heavy atom. The molecule has 0 aliphatic rings. The van der Waals surface area contributed by atoms with Crippen LogP contribution in [0.4, 0.5) is 5.69 Å². The van der Waals surface area contributed by atoms with Crippen molar-refractivity contribution in [3.05, 3.63) is 53.4 Å². The van der Waals surface area contributed by atoms with Gasteiger partial charge in [-0.3, -0.25) is 4.79 Å². The molecule has 0 unspecified atom stereocenters. The highest BCUT2D eigenvalue weighted by Gasteiger charge is 2.15. The number of fused-ring (bicyclic) bond motifs is 1. The van der Waals surface area contributed by atoms with Crippen LogP contribution in [0.3, 0.4) is 0 Å². The maximum absolute atomic E-state index is 12.4. The van der Waals surface area contributed by atoms with E-state index in [0.717, 1.165) is 22.4 Å². The van der Waals surface area contributed by atoms with E-state index in [-0.39, 0.29) is 5.91 Å². The number of carbonyl (C=O) groups is 1. The van der Waals surface area contributed by atoms with E-state index in [9.17, 15) is 4.79 Å². The highest BCUT2D eigenvalue weighted by Crippen LogP contribution is 2.22. The number of hydrogen-bond donors (Lipinski definition) is 1. The largest absolute Gasteiger partial charge is 0.463 e. The van der Waals surface area contributed by atoms with Crippen molar-refractivity contribution >= 4 is 22.7 Å². The lowest BCUT2D eigenvalue weighted by Gasteiger charge is -2.09. The number of amides is 1. The van der Waals surface area contributed by atoms with Crippen molar-refractivity contribution in [1.82, 2.24) is 4.57 Å². The topological polar surface area (TPSA) is 47.2 Å². The van der Waals surface area contributed by atoms with Crippen LogP contribution in [0.25, 0.3) is 11.1 Å². The van der Waals surface area contributed by atoms with Gasteiger partial charge in [-0.2, -0.15) is 0 Å². The van der Waals surface area contributed by atoms with Gasteiger partial charge in [0.2, 0.25) is 0 Å². The summed E-state index contributed by atoms with van der Waals surface area (Å²) in [6.07, 6.45) is 1.62. The minimum atomic E-state index is -0.133. The Hall–Kier alpha value is -2.49. The molecule has 4 nitrogen and oxygen atoms in total. The standard InChI is InChI=1S/C16H16N2O2/c1-10-4-5-12(11(2)8-10)17-16(19)14-9-15-13(18(14)3)6-7-20-15/h4-9H,1-3H3,(H,17,19). The highest BCUT2D eigenvalue weighted by atomic mass is 16.3. The lowest BCUT2D eigenvalue weighted by Crippen LogP contribution is -2.16. The molecule has 0 fully saturated rings. The first-order chi connectivity index (χ1) is 9.56. The molecule has 2 aromatic heterocycles. The van der Waals surface area contributed by atoms with E-state index < -0.39 is 0 Å². The first-order valence-electron chi connectivity index (χ1n) is 6.48. The molecule has 0 spiro atoms. The van der Waals surface area contributed by atoms with Gasteiger partial charge in [-0.25, -0.2) is 0 Å². The third-order valence-electron chi connectivity index (χ3n) is 3.53. The number of hydrogen-bond acceptors (Lipinski definition) is 2. The molecule has 102 valence electrons. The minimum Gasteiger partial charge on any atom is -0.463 e. The van der Waals surface area contributed by atoms with Gasteiger partial charge in [0.25, 0.3) is 5.91 Å². The van der Waals surface area contributed by atoms with Gasteiger partial charge in [-0.05, 0) is 25.5 Å². The molecule has 3 rings (SSSR count). The zero-order valence-corrected chi connectivity index (χ0v) is 11.7. The Balaban J connectivity index is 1.92. The molecule has 0 aliphatic heterocycles. The summed E-state index contributed by atoms with van der Waals surface area (Å²) in [4.78, 5) is 12.4. The fraction of sp³-hybridized carbons (Fsp3) is 0.188. The van der Waals surface area contributed by atoms with Crippen molar-refractivity contribution in [3.8, 4) is 0 Å². The quantitative estimate of drug-likeness (QED) is 0.771. The monoisotopic (exact) mass is 268 g/mol. The average Bonchev–Trinajstić information content (AvgIpc) is 2.96. The molecule has 1 N–H and O–H groups in total. The van der Waals surface area contributed by atoms with Crippen LogP contribution in [-0.2, 0) is 7.05 Å². The summed E-state index contributed by atoms with van der Waals surface area (Å²) in [7, 11) is 1.86. The second-order valence-electron chi connectivity index (χ2n) is 5.03. The summed E-state index contributed by atoms with van der Waals surface area (Å²) in [5.41, 5.74) is 5.28. The summed E-state index contributed by atoms with van der Waals surface area (Å²) in [6, 6.07) is 9.57. The van der Waals surface area contributed by atoms with Crippen molar-refractivity contribution in [1.29, 1.82) is 0 Å². The number of nitrogens with one attached hydrogen (secondary N) is 1. The molecule has 0 saturated heterocycles. The molecule has 0 saturated carbocycles. The maximum atomic E-state index is 12.4. The van der Waals surface area contributed by atoms with Crippen LogP contribution in [0.5, 0.6) is 0 Å². The number of rotatable bonds is 2. The second kappa shape index (κ2) is 4.56. The smallest absolute Gasteiger partial charge is 0.272 e. The molecule has 0 atom stereocenters. The Morgan fingerprint density at radius 2 is 2.00 bits per heavy atom. The molecular formula is C16H16N2O2. The lowest BCUT2D eigenvalue weighted by molar-refractivity contribution is 0.101. The number of furan rings is 1. The summed E-state index contributed by atoms with van der Waals surface area (Å²) in [6.45, 7) is 4.02. The molecule has 0 radical (unpaired) electrons. The van der Waals surface area contributed by atoms with E-state index in [2.05, 4.69) is 5.32 Å². The van der Waals surface area contributed by atoms with Crippen LogP contribution in [-0.4, -0.2) is 10.5 Å². The number of aryl methyl sites for hydroxylation is 3. The van der Waals surface area contributed by atoms with Crippen LogP contribution >= 0.6 is 0 Å². The molecule has 0 bridgehead atoms. The lowest BCUT2D eigenvalue weighted by atomic mass is 10.1. The van der Waals surface area contributed by atoms with Gasteiger partial charge >= 0.3 is 0 Å². The van der Waals surface area contributed by atoms with Gasteiger partial charge in [0.05, 0.1) is 11.8 Å². The van der Waals surface area contributed by atoms with E-state index >= 15 is 0 Å². The van der Waals surface area contributed by atoms with Crippen molar-refractivity contribution in [2.24, 2.45) is 7.05 Å². The van der Waals surface area contributed by atoms with Crippen LogP contribution in [0.1, 0.15) is 21.6 Å². The number of nitrogens with zero attached hydrogens (tertiary/aromatic N) is 1. The molecule has 1 amide bonds. The van der Waals surface area contributed by atoms with E-state index in [0.29, 0.717) is 5.69 Å². The van der Waals surface area contributed by atoms with E-state index in [1.165, 1.54) is 5.56 Å². The summed E-state index contributed by atoms with van der Waals surface area (Å²) in [5, 5.41) is 2.94. The fourth-order valence-corrected chi connectivity index (χ4v) is 2.41.